The molecule has 4 aromatic rings. The number of anilines is 1. The van der Waals surface area contributed by atoms with Gasteiger partial charge in [0, 0.05) is 25.3 Å². The summed E-state index contributed by atoms with van der Waals surface area (Å²) < 4.78 is 20.0. The Kier molecular flexibility index (Phi) is 4.37. The lowest BCUT2D eigenvalue weighted by Crippen LogP contribution is -2.08. The van der Waals surface area contributed by atoms with Gasteiger partial charge >= 0.3 is 0 Å². The van der Waals surface area contributed by atoms with E-state index >= 15 is 0 Å². The van der Waals surface area contributed by atoms with Gasteiger partial charge in [-0.3, -0.25) is 0 Å². The van der Waals surface area contributed by atoms with Gasteiger partial charge in [-0.15, -0.1) is 5.10 Å². The van der Waals surface area contributed by atoms with Crippen LogP contribution in [0.1, 0.15) is 5.56 Å². The second-order valence-electron chi connectivity index (χ2n) is 6.30. The lowest BCUT2D eigenvalue weighted by Gasteiger charge is -2.12. The second kappa shape index (κ2) is 6.99. The van der Waals surface area contributed by atoms with Crippen molar-refractivity contribution in [3.8, 4) is 23.0 Å². The number of aromatic nitrogens is 5. The molecule has 8 heteroatoms. The maximum Gasteiger partial charge on any atom is 0.258 e. The summed E-state index contributed by atoms with van der Waals surface area (Å²) in [5.41, 5.74) is 3.30. The van der Waals surface area contributed by atoms with E-state index in [1.165, 1.54) is 12.1 Å². The summed E-state index contributed by atoms with van der Waals surface area (Å²) in [4.78, 5) is 6.42. The lowest BCUT2D eigenvalue weighted by molar-refractivity contribution is 0.432. The quantitative estimate of drug-likeness (QED) is 0.541. The first-order chi connectivity index (χ1) is 13.1. The van der Waals surface area contributed by atoms with Crippen LogP contribution in [-0.4, -0.2) is 39.2 Å². The van der Waals surface area contributed by atoms with Crippen LogP contribution in [0.4, 0.5) is 10.1 Å². The Labute approximate surface area is 155 Å². The molecule has 2 aromatic carbocycles. The first-order valence-electron chi connectivity index (χ1n) is 8.35. The molecule has 2 aromatic heterocycles. The Hall–Kier alpha value is -3.55. The summed E-state index contributed by atoms with van der Waals surface area (Å²) in [6.45, 7) is 0.475. The Morgan fingerprint density at radius 3 is 2.70 bits per heavy atom. The third-order valence-corrected chi connectivity index (χ3v) is 4.06. The molecular formula is C19H17FN6O. The number of halogens is 1. The molecule has 0 radical (unpaired) electrons. The van der Waals surface area contributed by atoms with Crippen LogP contribution in [0.3, 0.4) is 0 Å². The summed E-state index contributed by atoms with van der Waals surface area (Å²) in [5.74, 6) is 0.517. The SMILES string of the molecule is CN(C)c1cccc(-c2nc(-c3cn(Cc4ccc(F)cc4)nn3)no2)c1. The standard InChI is InChI=1S/C19H17FN6O/c1-25(2)16-5-3-4-14(10-16)19-21-18(23-27-19)17-12-26(24-22-17)11-13-6-8-15(20)9-7-13/h3-10,12H,11H2,1-2H3. The molecule has 0 atom stereocenters. The molecule has 4 rings (SSSR count). The van der Waals surface area contributed by atoms with Crippen LogP contribution in [0.2, 0.25) is 0 Å². The van der Waals surface area contributed by atoms with Crippen LogP contribution in [0.5, 0.6) is 0 Å². The van der Waals surface area contributed by atoms with Crippen molar-refractivity contribution < 1.29 is 8.91 Å². The highest BCUT2D eigenvalue weighted by Gasteiger charge is 2.14. The number of benzene rings is 2. The Morgan fingerprint density at radius 1 is 1.11 bits per heavy atom. The predicted molar refractivity (Wildman–Crippen MR) is 98.6 cm³/mol. The first kappa shape index (κ1) is 16.9. The monoisotopic (exact) mass is 364 g/mol. The lowest BCUT2D eigenvalue weighted by atomic mass is 10.2. The summed E-state index contributed by atoms with van der Waals surface area (Å²) in [5, 5.41) is 12.2. The highest BCUT2D eigenvalue weighted by molar-refractivity contribution is 5.63. The maximum absolute atomic E-state index is 13.0. The average Bonchev–Trinajstić information content (AvgIpc) is 3.33. The van der Waals surface area contributed by atoms with Gasteiger partial charge in [-0.05, 0) is 35.9 Å². The minimum absolute atomic E-state index is 0.268. The highest BCUT2D eigenvalue weighted by atomic mass is 19.1. The van der Waals surface area contributed by atoms with Crippen molar-refractivity contribution in [2.45, 2.75) is 6.54 Å². The van der Waals surface area contributed by atoms with Gasteiger partial charge in [-0.2, -0.15) is 4.98 Å². The number of hydrogen-bond donors (Lipinski definition) is 0. The molecule has 0 spiro atoms. The van der Waals surface area contributed by atoms with Crippen molar-refractivity contribution in [3.05, 3.63) is 66.1 Å². The van der Waals surface area contributed by atoms with Crippen LogP contribution < -0.4 is 4.90 Å². The fourth-order valence-electron chi connectivity index (χ4n) is 2.62. The Balaban J connectivity index is 1.54. The fraction of sp³-hybridized carbons (Fsp3) is 0.158. The zero-order chi connectivity index (χ0) is 18.8. The van der Waals surface area contributed by atoms with E-state index in [1.807, 2.05) is 43.3 Å². The van der Waals surface area contributed by atoms with Crippen molar-refractivity contribution in [3.63, 3.8) is 0 Å². The van der Waals surface area contributed by atoms with Crippen LogP contribution in [0, 0.1) is 5.82 Å². The fourth-order valence-corrected chi connectivity index (χ4v) is 2.62. The van der Waals surface area contributed by atoms with E-state index < -0.39 is 0 Å². The van der Waals surface area contributed by atoms with Gasteiger partial charge in [0.2, 0.25) is 5.82 Å². The van der Waals surface area contributed by atoms with Gasteiger partial charge in [0.25, 0.3) is 5.89 Å². The van der Waals surface area contributed by atoms with Crippen LogP contribution >= 0.6 is 0 Å². The number of rotatable bonds is 5. The summed E-state index contributed by atoms with van der Waals surface area (Å²) in [6.07, 6.45) is 1.73. The Bertz CT molecular complexity index is 1050. The maximum atomic E-state index is 13.0. The minimum atomic E-state index is -0.268. The third kappa shape index (κ3) is 3.69. The smallest absolute Gasteiger partial charge is 0.258 e. The van der Waals surface area contributed by atoms with Crippen LogP contribution in [-0.2, 0) is 6.54 Å². The van der Waals surface area contributed by atoms with E-state index in [0.717, 1.165) is 16.8 Å². The molecule has 0 fully saturated rings. The van der Waals surface area contributed by atoms with Crippen molar-refractivity contribution >= 4 is 5.69 Å². The molecule has 0 aliphatic rings. The second-order valence-corrected chi connectivity index (χ2v) is 6.30. The van der Waals surface area contributed by atoms with Crippen LogP contribution in [0.15, 0.2) is 59.3 Å². The van der Waals surface area contributed by atoms with E-state index in [2.05, 4.69) is 20.5 Å². The third-order valence-electron chi connectivity index (χ3n) is 4.06. The van der Waals surface area contributed by atoms with Crippen LogP contribution in [0.25, 0.3) is 23.0 Å². The number of hydrogen-bond acceptors (Lipinski definition) is 6. The van der Waals surface area contributed by atoms with E-state index in [4.69, 9.17) is 4.52 Å². The summed E-state index contributed by atoms with van der Waals surface area (Å²) >= 11 is 0. The molecule has 0 saturated carbocycles. The van der Waals surface area contributed by atoms with E-state index in [1.54, 1.807) is 23.0 Å². The van der Waals surface area contributed by atoms with Crippen molar-refractivity contribution in [1.29, 1.82) is 0 Å². The van der Waals surface area contributed by atoms with E-state index in [9.17, 15) is 4.39 Å². The molecule has 7 nitrogen and oxygen atoms in total. The van der Waals surface area contributed by atoms with Crippen molar-refractivity contribution in [2.24, 2.45) is 0 Å². The molecule has 0 bridgehead atoms. The first-order valence-corrected chi connectivity index (χ1v) is 8.35. The van der Waals surface area contributed by atoms with Gasteiger partial charge in [-0.25, -0.2) is 9.07 Å². The predicted octanol–water partition coefficient (Wildman–Crippen LogP) is 3.25. The zero-order valence-corrected chi connectivity index (χ0v) is 14.9. The van der Waals surface area contributed by atoms with Gasteiger partial charge in [0.05, 0.1) is 12.7 Å². The molecule has 0 saturated heterocycles. The summed E-state index contributed by atoms with van der Waals surface area (Å²) in [6, 6.07) is 14.1. The topological polar surface area (TPSA) is 72.9 Å². The van der Waals surface area contributed by atoms with Gasteiger partial charge in [0.1, 0.15) is 5.82 Å². The number of nitrogens with zero attached hydrogens (tertiary/aromatic N) is 6. The largest absolute Gasteiger partial charge is 0.378 e. The normalized spacial score (nSPS) is 10.9. The van der Waals surface area contributed by atoms with Gasteiger partial charge in [0.15, 0.2) is 5.69 Å². The molecular weight excluding hydrogens is 347 g/mol. The average molecular weight is 364 g/mol. The molecule has 0 amide bonds. The zero-order valence-electron chi connectivity index (χ0n) is 14.9. The molecule has 136 valence electrons. The molecule has 0 N–H and O–H groups in total. The van der Waals surface area contributed by atoms with Gasteiger partial charge < -0.3 is 9.42 Å². The van der Waals surface area contributed by atoms with Crippen molar-refractivity contribution in [1.82, 2.24) is 25.1 Å². The molecule has 0 aliphatic carbocycles. The van der Waals surface area contributed by atoms with E-state index in [-0.39, 0.29) is 5.82 Å². The molecule has 27 heavy (non-hydrogen) atoms. The van der Waals surface area contributed by atoms with Gasteiger partial charge in [-0.1, -0.05) is 28.6 Å². The van der Waals surface area contributed by atoms with E-state index in [0.29, 0.717) is 24.0 Å². The summed E-state index contributed by atoms with van der Waals surface area (Å²) in [7, 11) is 3.94. The minimum Gasteiger partial charge on any atom is -0.378 e. The van der Waals surface area contributed by atoms with Crippen molar-refractivity contribution in [2.75, 3.05) is 19.0 Å². The highest BCUT2D eigenvalue weighted by Crippen LogP contribution is 2.24. The molecule has 0 aliphatic heterocycles. The molecule has 0 unspecified atom stereocenters. The molecule has 2 heterocycles. The Morgan fingerprint density at radius 2 is 1.93 bits per heavy atom.